The predicted octanol–water partition coefficient (Wildman–Crippen LogP) is 2.86. The Morgan fingerprint density at radius 2 is 2.00 bits per heavy atom. The molecule has 1 aliphatic heterocycles. The second kappa shape index (κ2) is 9.49. The molecule has 0 unspecified atom stereocenters. The molecule has 2 aromatic heterocycles. The van der Waals surface area contributed by atoms with Gasteiger partial charge in [0.2, 0.25) is 22.9 Å². The molecule has 1 aromatic carbocycles. The highest BCUT2D eigenvalue weighted by Gasteiger charge is 2.35. The van der Waals surface area contributed by atoms with E-state index in [0.717, 1.165) is 11.3 Å². The summed E-state index contributed by atoms with van der Waals surface area (Å²) in [6.07, 6.45) is 1.66. The van der Waals surface area contributed by atoms with Gasteiger partial charge in [-0.3, -0.25) is 14.4 Å². The number of thiazole rings is 1. The van der Waals surface area contributed by atoms with Crippen molar-refractivity contribution in [1.82, 2.24) is 15.2 Å². The molecule has 1 aliphatic rings. The molecule has 2 N–H and O–H groups in total. The highest BCUT2D eigenvalue weighted by Crippen LogP contribution is 2.29. The average Bonchev–Trinajstić information content (AvgIpc) is 3.49. The fourth-order valence-electron chi connectivity index (χ4n) is 2.85. The zero-order chi connectivity index (χ0) is 21.8. The largest absolute Gasteiger partial charge is 0.312 e. The quantitative estimate of drug-likeness (QED) is 0.396. The molecule has 1 saturated heterocycles. The van der Waals surface area contributed by atoms with E-state index in [2.05, 4.69) is 25.8 Å². The molecule has 1 atom stereocenters. The van der Waals surface area contributed by atoms with Crippen molar-refractivity contribution in [3.8, 4) is 0 Å². The fourth-order valence-corrected chi connectivity index (χ4v) is 4.95. The third kappa shape index (κ3) is 5.42. The smallest absolute Gasteiger partial charge is 0.236 e. The van der Waals surface area contributed by atoms with Gasteiger partial charge in [-0.05, 0) is 24.3 Å². The molecule has 0 aliphatic carbocycles. The summed E-state index contributed by atoms with van der Waals surface area (Å²) in [5.41, 5.74) is 0.548. The van der Waals surface area contributed by atoms with Gasteiger partial charge in [0.1, 0.15) is 5.82 Å². The summed E-state index contributed by atoms with van der Waals surface area (Å²) in [6.45, 7) is 0.202. The van der Waals surface area contributed by atoms with Crippen LogP contribution in [0.15, 0.2) is 40.2 Å². The summed E-state index contributed by atoms with van der Waals surface area (Å²) >= 11 is 3.67. The summed E-state index contributed by atoms with van der Waals surface area (Å²) in [6, 6.07) is 5.56. The number of thioether (sulfide) groups is 1. The molecule has 31 heavy (non-hydrogen) atoms. The Bertz CT molecular complexity index is 1090. The molecule has 3 heterocycles. The number of nitrogens with zero attached hydrogens (tertiary/aromatic N) is 4. The van der Waals surface area contributed by atoms with Gasteiger partial charge in [-0.2, -0.15) is 0 Å². The van der Waals surface area contributed by atoms with Crippen molar-refractivity contribution >= 4 is 68.1 Å². The number of amides is 3. The summed E-state index contributed by atoms with van der Waals surface area (Å²) in [7, 11) is 0. The van der Waals surface area contributed by atoms with Gasteiger partial charge in [0.25, 0.3) is 0 Å². The Balaban J connectivity index is 1.28. The Morgan fingerprint density at radius 1 is 1.19 bits per heavy atom. The first-order valence-corrected chi connectivity index (χ1v) is 11.7. The number of hydrogen-bond donors (Lipinski definition) is 2. The van der Waals surface area contributed by atoms with Gasteiger partial charge in [0.15, 0.2) is 9.47 Å². The van der Waals surface area contributed by atoms with Crippen LogP contribution in [0.2, 0.25) is 0 Å². The summed E-state index contributed by atoms with van der Waals surface area (Å²) in [5.74, 6) is -1.58. The van der Waals surface area contributed by atoms with E-state index >= 15 is 0 Å². The highest BCUT2D eigenvalue weighted by molar-refractivity contribution is 8.01. The van der Waals surface area contributed by atoms with Crippen molar-refractivity contribution in [2.24, 2.45) is 5.92 Å². The maximum absolute atomic E-state index is 13.1. The van der Waals surface area contributed by atoms with Crippen LogP contribution < -0.4 is 15.5 Å². The SMILES string of the molecule is O=C(CSc1nnc(NC(=O)[C@H]2CC(=O)N(c3ccc(F)cc3)C2)s1)Nc1nccs1. The molecular formula is C18H15FN6O3S3. The normalized spacial score (nSPS) is 15.8. The van der Waals surface area contributed by atoms with E-state index in [4.69, 9.17) is 0 Å². The van der Waals surface area contributed by atoms with Gasteiger partial charge in [0, 0.05) is 30.2 Å². The molecule has 3 aromatic rings. The minimum Gasteiger partial charge on any atom is -0.312 e. The van der Waals surface area contributed by atoms with E-state index < -0.39 is 11.7 Å². The second-order valence-corrected chi connectivity index (χ2v) is 9.51. The van der Waals surface area contributed by atoms with Crippen molar-refractivity contribution in [2.75, 3.05) is 27.8 Å². The van der Waals surface area contributed by atoms with Crippen LogP contribution in [0, 0.1) is 11.7 Å². The number of rotatable bonds is 7. The molecular weight excluding hydrogens is 463 g/mol. The highest BCUT2D eigenvalue weighted by atomic mass is 32.2. The lowest BCUT2D eigenvalue weighted by molar-refractivity contribution is -0.122. The topological polar surface area (TPSA) is 117 Å². The maximum atomic E-state index is 13.1. The Hall–Kier alpha value is -2.90. The number of halogens is 1. The molecule has 3 amide bonds. The Kier molecular flexibility index (Phi) is 6.53. The van der Waals surface area contributed by atoms with E-state index in [9.17, 15) is 18.8 Å². The van der Waals surface area contributed by atoms with Gasteiger partial charge >= 0.3 is 0 Å². The first-order chi connectivity index (χ1) is 15.0. The van der Waals surface area contributed by atoms with E-state index in [1.807, 2.05) is 0 Å². The van der Waals surface area contributed by atoms with Crippen LogP contribution in [0.5, 0.6) is 0 Å². The zero-order valence-corrected chi connectivity index (χ0v) is 18.2. The van der Waals surface area contributed by atoms with Crippen molar-refractivity contribution in [2.45, 2.75) is 10.8 Å². The molecule has 0 radical (unpaired) electrons. The molecule has 4 rings (SSSR count). The number of aromatic nitrogens is 3. The lowest BCUT2D eigenvalue weighted by atomic mass is 10.1. The number of carbonyl (C=O) groups is 3. The summed E-state index contributed by atoms with van der Waals surface area (Å²) in [4.78, 5) is 42.2. The van der Waals surface area contributed by atoms with E-state index in [1.165, 1.54) is 52.3 Å². The third-order valence-electron chi connectivity index (χ3n) is 4.28. The standard InChI is InChI=1S/C18H15FN6O3S3/c19-11-1-3-12(4-2-11)25-8-10(7-14(25)27)15(28)22-17-23-24-18(31-17)30-9-13(26)21-16-20-5-6-29-16/h1-6,10H,7-9H2,(H,20,21,26)(H,22,23,28)/t10-/m0/s1. The van der Waals surface area contributed by atoms with Crippen molar-refractivity contribution in [3.63, 3.8) is 0 Å². The molecule has 0 saturated carbocycles. The lowest BCUT2D eigenvalue weighted by Crippen LogP contribution is -2.28. The van der Waals surface area contributed by atoms with Gasteiger partial charge in [-0.1, -0.05) is 23.1 Å². The van der Waals surface area contributed by atoms with Gasteiger partial charge in [-0.25, -0.2) is 9.37 Å². The molecule has 9 nitrogen and oxygen atoms in total. The van der Waals surface area contributed by atoms with Crippen LogP contribution >= 0.6 is 34.4 Å². The zero-order valence-electron chi connectivity index (χ0n) is 15.8. The van der Waals surface area contributed by atoms with Crippen molar-refractivity contribution in [1.29, 1.82) is 0 Å². The predicted molar refractivity (Wildman–Crippen MR) is 117 cm³/mol. The van der Waals surface area contributed by atoms with Gasteiger partial charge < -0.3 is 15.5 Å². The van der Waals surface area contributed by atoms with Gasteiger partial charge in [-0.15, -0.1) is 21.5 Å². The Labute approximate surface area is 188 Å². The van der Waals surface area contributed by atoms with Crippen LogP contribution in [0.4, 0.5) is 20.3 Å². The minimum atomic E-state index is -0.554. The monoisotopic (exact) mass is 478 g/mol. The van der Waals surface area contributed by atoms with Gasteiger partial charge in [0.05, 0.1) is 11.7 Å². The van der Waals surface area contributed by atoms with Crippen LogP contribution in [0.1, 0.15) is 6.42 Å². The maximum Gasteiger partial charge on any atom is 0.236 e. The molecule has 0 spiro atoms. The molecule has 0 bridgehead atoms. The molecule has 13 heteroatoms. The third-order valence-corrected chi connectivity index (χ3v) is 6.94. The van der Waals surface area contributed by atoms with Crippen LogP contribution in [-0.4, -0.2) is 45.2 Å². The van der Waals surface area contributed by atoms with E-state index in [0.29, 0.717) is 20.3 Å². The Morgan fingerprint density at radius 3 is 2.74 bits per heavy atom. The van der Waals surface area contributed by atoms with Crippen LogP contribution in [0.25, 0.3) is 0 Å². The number of nitrogens with one attached hydrogen (secondary N) is 2. The number of carbonyl (C=O) groups excluding carboxylic acids is 3. The minimum absolute atomic E-state index is 0.0561. The fraction of sp³-hybridized carbons (Fsp3) is 0.222. The summed E-state index contributed by atoms with van der Waals surface area (Å²) < 4.78 is 13.6. The van der Waals surface area contributed by atoms with Crippen molar-refractivity contribution < 1.29 is 18.8 Å². The molecule has 1 fully saturated rings. The second-order valence-electron chi connectivity index (χ2n) is 6.42. The molecule has 160 valence electrons. The van der Waals surface area contributed by atoms with E-state index in [1.54, 1.807) is 11.6 Å². The van der Waals surface area contributed by atoms with Crippen LogP contribution in [-0.2, 0) is 14.4 Å². The first-order valence-electron chi connectivity index (χ1n) is 9.00. The van der Waals surface area contributed by atoms with Crippen molar-refractivity contribution in [3.05, 3.63) is 41.7 Å². The van der Waals surface area contributed by atoms with E-state index in [-0.39, 0.29) is 36.4 Å². The first kappa shape index (κ1) is 21.3. The number of hydrogen-bond acceptors (Lipinski definition) is 9. The number of anilines is 3. The summed E-state index contributed by atoms with van der Waals surface area (Å²) in [5, 5.41) is 15.8. The average molecular weight is 479 g/mol. The lowest BCUT2D eigenvalue weighted by Gasteiger charge is -2.16. The van der Waals surface area contributed by atoms with Crippen LogP contribution in [0.3, 0.4) is 0 Å². The number of benzene rings is 1.